The van der Waals surface area contributed by atoms with E-state index >= 15 is 0 Å². The summed E-state index contributed by atoms with van der Waals surface area (Å²) < 4.78 is 7.26. The van der Waals surface area contributed by atoms with Crippen LogP contribution in [0.25, 0.3) is 5.69 Å². The number of ether oxygens (including phenoxy) is 1. The Kier molecular flexibility index (Phi) is 4.03. The van der Waals surface area contributed by atoms with E-state index in [0.717, 1.165) is 24.4 Å². The maximum Gasteiger partial charge on any atom is 0.170 e. The highest BCUT2D eigenvalue weighted by Gasteiger charge is 2.26. The lowest BCUT2D eigenvalue weighted by atomic mass is 10.2. The summed E-state index contributed by atoms with van der Waals surface area (Å²) in [6.45, 7) is 0.645. The minimum absolute atomic E-state index is 0.302. The lowest BCUT2D eigenvalue weighted by Crippen LogP contribution is -2.36. The minimum Gasteiger partial charge on any atom is -0.380 e. The number of methoxy groups -OCH3 is 1. The van der Waals surface area contributed by atoms with Gasteiger partial charge in [0.2, 0.25) is 0 Å². The van der Waals surface area contributed by atoms with Crippen molar-refractivity contribution in [3.05, 3.63) is 36.2 Å². The first-order valence-electron chi connectivity index (χ1n) is 6.97. The zero-order valence-electron chi connectivity index (χ0n) is 11.6. The molecule has 0 aliphatic heterocycles. The molecule has 1 aliphatic rings. The van der Waals surface area contributed by atoms with Crippen LogP contribution in [0.15, 0.2) is 30.3 Å². The summed E-state index contributed by atoms with van der Waals surface area (Å²) in [5.41, 5.74) is 0.976. The molecule has 1 heterocycles. The number of nitrogens with zero attached hydrogens (tertiary/aromatic N) is 4. The van der Waals surface area contributed by atoms with Crippen molar-refractivity contribution in [3.8, 4) is 5.69 Å². The van der Waals surface area contributed by atoms with Crippen molar-refractivity contribution in [2.45, 2.75) is 38.0 Å². The fraction of sp³-hybridized carbons (Fsp3) is 0.500. The summed E-state index contributed by atoms with van der Waals surface area (Å²) in [5.74, 6) is 0.818. The van der Waals surface area contributed by atoms with Crippen molar-refractivity contribution < 1.29 is 4.74 Å². The van der Waals surface area contributed by atoms with Crippen LogP contribution in [0.4, 0.5) is 0 Å². The van der Waals surface area contributed by atoms with E-state index in [1.165, 1.54) is 6.42 Å². The van der Waals surface area contributed by atoms with Crippen molar-refractivity contribution in [2.75, 3.05) is 7.11 Å². The molecule has 0 spiro atoms. The number of aromatic nitrogens is 4. The van der Waals surface area contributed by atoms with Gasteiger partial charge in [-0.3, -0.25) is 0 Å². The van der Waals surface area contributed by atoms with Crippen molar-refractivity contribution in [2.24, 2.45) is 0 Å². The summed E-state index contributed by atoms with van der Waals surface area (Å²) in [4.78, 5) is 0. The second-order valence-electron chi connectivity index (χ2n) is 5.03. The van der Waals surface area contributed by atoms with Crippen LogP contribution in [-0.4, -0.2) is 39.5 Å². The van der Waals surface area contributed by atoms with Gasteiger partial charge in [0.1, 0.15) is 0 Å². The fourth-order valence-corrected chi connectivity index (χ4v) is 2.75. The molecule has 106 valence electrons. The predicted octanol–water partition coefficient (Wildman–Crippen LogP) is 1.32. The highest BCUT2D eigenvalue weighted by atomic mass is 16.5. The zero-order valence-corrected chi connectivity index (χ0v) is 11.6. The Balaban J connectivity index is 1.68. The number of tetrazole rings is 1. The van der Waals surface area contributed by atoms with Gasteiger partial charge in [-0.1, -0.05) is 18.2 Å². The van der Waals surface area contributed by atoms with Crippen LogP contribution >= 0.6 is 0 Å². The molecule has 6 heteroatoms. The first kappa shape index (κ1) is 13.2. The Morgan fingerprint density at radius 1 is 1.30 bits per heavy atom. The third kappa shape index (κ3) is 2.71. The van der Waals surface area contributed by atoms with Gasteiger partial charge < -0.3 is 10.1 Å². The Hall–Kier alpha value is -1.79. The molecule has 1 aromatic heterocycles. The molecular weight excluding hydrogens is 254 g/mol. The predicted molar refractivity (Wildman–Crippen MR) is 74.4 cm³/mol. The van der Waals surface area contributed by atoms with Gasteiger partial charge >= 0.3 is 0 Å². The van der Waals surface area contributed by atoms with E-state index in [0.29, 0.717) is 18.7 Å². The van der Waals surface area contributed by atoms with Crippen LogP contribution in [0.3, 0.4) is 0 Å². The lowest BCUT2D eigenvalue weighted by Gasteiger charge is -2.19. The molecule has 2 unspecified atom stereocenters. The summed E-state index contributed by atoms with van der Waals surface area (Å²) in [5, 5.41) is 15.4. The topological polar surface area (TPSA) is 64.9 Å². The Morgan fingerprint density at radius 3 is 2.95 bits per heavy atom. The maximum absolute atomic E-state index is 5.49. The third-order valence-corrected chi connectivity index (χ3v) is 3.81. The quantitative estimate of drug-likeness (QED) is 0.890. The van der Waals surface area contributed by atoms with E-state index in [1.807, 2.05) is 30.3 Å². The van der Waals surface area contributed by atoms with Crippen LogP contribution in [0, 0.1) is 0 Å². The van der Waals surface area contributed by atoms with Gasteiger partial charge in [-0.2, -0.15) is 4.68 Å². The smallest absolute Gasteiger partial charge is 0.170 e. The molecule has 0 radical (unpaired) electrons. The molecule has 6 nitrogen and oxygen atoms in total. The molecule has 1 N–H and O–H groups in total. The average molecular weight is 273 g/mol. The molecule has 3 rings (SSSR count). The van der Waals surface area contributed by atoms with Crippen LogP contribution in [0.5, 0.6) is 0 Å². The van der Waals surface area contributed by atoms with Crippen LogP contribution in [-0.2, 0) is 11.3 Å². The molecule has 2 aromatic rings. The molecule has 20 heavy (non-hydrogen) atoms. The number of para-hydroxylation sites is 1. The molecule has 1 aromatic carbocycles. The van der Waals surface area contributed by atoms with Gasteiger partial charge in [0.15, 0.2) is 5.82 Å². The van der Waals surface area contributed by atoms with Crippen molar-refractivity contribution >= 4 is 0 Å². The van der Waals surface area contributed by atoms with E-state index in [-0.39, 0.29) is 0 Å². The lowest BCUT2D eigenvalue weighted by molar-refractivity contribution is 0.0844. The van der Waals surface area contributed by atoms with Gasteiger partial charge in [0, 0.05) is 13.2 Å². The highest BCUT2D eigenvalue weighted by Crippen LogP contribution is 2.21. The van der Waals surface area contributed by atoms with Crippen LogP contribution in [0.1, 0.15) is 25.1 Å². The zero-order chi connectivity index (χ0) is 13.8. The third-order valence-electron chi connectivity index (χ3n) is 3.81. The molecule has 1 aliphatic carbocycles. The Morgan fingerprint density at radius 2 is 2.15 bits per heavy atom. The number of benzene rings is 1. The first-order valence-corrected chi connectivity index (χ1v) is 6.97. The second-order valence-corrected chi connectivity index (χ2v) is 5.03. The van der Waals surface area contributed by atoms with Gasteiger partial charge in [0.25, 0.3) is 0 Å². The number of rotatable bonds is 5. The summed E-state index contributed by atoms with van der Waals surface area (Å²) >= 11 is 0. The molecule has 1 saturated carbocycles. The van der Waals surface area contributed by atoms with E-state index < -0.39 is 0 Å². The summed E-state index contributed by atoms with van der Waals surface area (Å²) in [6.07, 6.45) is 3.78. The van der Waals surface area contributed by atoms with Crippen LogP contribution in [0.2, 0.25) is 0 Å². The second kappa shape index (κ2) is 6.11. The number of hydrogen-bond donors (Lipinski definition) is 1. The highest BCUT2D eigenvalue weighted by molar-refractivity contribution is 5.30. The van der Waals surface area contributed by atoms with E-state index in [2.05, 4.69) is 20.8 Å². The SMILES string of the molecule is COC1CCCC1NCc1nnnn1-c1ccccc1. The van der Waals surface area contributed by atoms with E-state index in [4.69, 9.17) is 4.74 Å². The Bertz CT molecular complexity index is 542. The molecule has 0 amide bonds. The largest absolute Gasteiger partial charge is 0.380 e. The monoisotopic (exact) mass is 273 g/mol. The van der Waals surface area contributed by atoms with E-state index in [9.17, 15) is 0 Å². The Labute approximate surface area is 118 Å². The molecule has 0 saturated heterocycles. The fourth-order valence-electron chi connectivity index (χ4n) is 2.75. The summed E-state index contributed by atoms with van der Waals surface area (Å²) in [6, 6.07) is 10.3. The van der Waals surface area contributed by atoms with E-state index in [1.54, 1.807) is 11.8 Å². The van der Waals surface area contributed by atoms with Gasteiger partial charge in [-0.25, -0.2) is 0 Å². The van der Waals surface area contributed by atoms with Crippen molar-refractivity contribution in [1.29, 1.82) is 0 Å². The average Bonchev–Trinajstić information content (AvgIpc) is 3.14. The normalized spacial score (nSPS) is 22.2. The molecule has 1 fully saturated rings. The van der Waals surface area contributed by atoms with Crippen molar-refractivity contribution in [1.82, 2.24) is 25.5 Å². The molecule has 2 atom stereocenters. The number of nitrogens with one attached hydrogen (secondary N) is 1. The van der Waals surface area contributed by atoms with Gasteiger partial charge in [-0.05, 0) is 41.8 Å². The standard InChI is InChI=1S/C14H19N5O/c1-20-13-9-5-8-12(13)15-10-14-16-17-18-19(14)11-6-3-2-4-7-11/h2-4,6-7,12-13,15H,5,8-10H2,1H3. The minimum atomic E-state index is 0.302. The van der Waals surface area contributed by atoms with Crippen molar-refractivity contribution in [3.63, 3.8) is 0 Å². The number of hydrogen-bond acceptors (Lipinski definition) is 5. The maximum atomic E-state index is 5.49. The summed E-state index contributed by atoms with van der Waals surface area (Å²) in [7, 11) is 1.78. The molecule has 0 bridgehead atoms. The first-order chi connectivity index (χ1) is 9.88. The van der Waals surface area contributed by atoms with Gasteiger partial charge in [0.05, 0.1) is 18.3 Å². The van der Waals surface area contributed by atoms with Crippen LogP contribution < -0.4 is 5.32 Å². The molecular formula is C14H19N5O. The van der Waals surface area contributed by atoms with Gasteiger partial charge in [-0.15, -0.1) is 5.10 Å².